The first-order chi connectivity index (χ1) is 31.9. The average Bonchev–Trinajstić information content (AvgIpc) is 4.03. The second kappa shape index (κ2) is 15.1. The van der Waals surface area contributed by atoms with Crippen molar-refractivity contribution < 1.29 is 27.0 Å². The Kier molecular flexibility index (Phi) is 9.70. The van der Waals surface area contributed by atoms with Crippen molar-refractivity contribution in [1.82, 2.24) is 38.5 Å². The highest BCUT2D eigenvalue weighted by Crippen LogP contribution is 2.56. The van der Waals surface area contributed by atoms with Gasteiger partial charge in [-0.25, -0.2) is 32.0 Å². The molecule has 5 atom stereocenters. The van der Waals surface area contributed by atoms with E-state index >= 15 is 13.6 Å². The Balaban J connectivity index is 1.04. The van der Waals surface area contributed by atoms with Crippen molar-refractivity contribution in [3.63, 3.8) is 0 Å². The summed E-state index contributed by atoms with van der Waals surface area (Å²) in [6.45, 7) is 12.4. The van der Waals surface area contributed by atoms with Crippen LogP contribution in [0.1, 0.15) is 116 Å². The van der Waals surface area contributed by atoms with Crippen LogP contribution in [0.4, 0.5) is 8.78 Å². The van der Waals surface area contributed by atoms with Crippen molar-refractivity contribution >= 4 is 26.5 Å². The largest absolute Gasteiger partial charge is 0.438 e. The molecule has 0 unspecified atom stereocenters. The summed E-state index contributed by atoms with van der Waals surface area (Å²) in [5.74, 6) is -1.29. The molecule has 0 bridgehead atoms. The first kappa shape index (κ1) is 43.2. The number of fused-ring (bicyclic) bond motifs is 2. The lowest BCUT2D eigenvalue weighted by Crippen LogP contribution is -2.41. The molecular weight excluding hydrogens is 881 g/mol. The van der Waals surface area contributed by atoms with Gasteiger partial charge in [0.2, 0.25) is 0 Å². The lowest BCUT2D eigenvalue weighted by molar-refractivity contribution is -0.0592. The Morgan fingerprint density at radius 2 is 1.69 bits per heavy atom. The van der Waals surface area contributed by atoms with E-state index in [0.29, 0.717) is 77.7 Å². The smallest absolute Gasteiger partial charge is 0.376 e. The fourth-order valence-corrected chi connectivity index (χ4v) is 12.6. The van der Waals surface area contributed by atoms with Gasteiger partial charge >= 0.3 is 11.4 Å². The van der Waals surface area contributed by atoms with Gasteiger partial charge < -0.3 is 14.2 Å². The van der Waals surface area contributed by atoms with Gasteiger partial charge in [-0.1, -0.05) is 18.1 Å². The molecule has 1 saturated heterocycles. The normalized spacial score (nSPS) is 23.3. The predicted molar refractivity (Wildman–Crippen MR) is 245 cm³/mol. The number of halogens is 2. The molecule has 2 aliphatic heterocycles. The van der Waals surface area contributed by atoms with E-state index in [4.69, 9.17) is 19.1 Å². The molecule has 3 fully saturated rings. The Bertz CT molecular complexity index is 3420. The number of carbonyl (C=O) groups excluding carboxylic acids is 1. The van der Waals surface area contributed by atoms with E-state index in [1.807, 2.05) is 30.5 Å². The molecule has 6 heterocycles. The number of benzene rings is 3. The highest BCUT2D eigenvalue weighted by molar-refractivity contribution is 7.93. The van der Waals surface area contributed by atoms with Gasteiger partial charge in [0.05, 0.1) is 43.3 Å². The van der Waals surface area contributed by atoms with E-state index < -0.39 is 38.6 Å². The lowest BCUT2D eigenvalue weighted by atomic mass is 9.83. The maximum atomic E-state index is 16.0. The molecule has 11 rings (SSSR count). The van der Waals surface area contributed by atoms with Crippen molar-refractivity contribution in [2.75, 3.05) is 13.2 Å². The number of H-pyrrole nitrogens is 1. The van der Waals surface area contributed by atoms with Gasteiger partial charge in [0.15, 0.2) is 5.82 Å². The molecule has 4 aromatic heterocycles. The summed E-state index contributed by atoms with van der Waals surface area (Å²) in [5, 5.41) is 9.75. The molecular formula is C49H51F2N9O6S. The topological polar surface area (TPSA) is 179 Å². The minimum atomic E-state index is -3.20. The van der Waals surface area contributed by atoms with Gasteiger partial charge in [-0.15, -0.1) is 0 Å². The van der Waals surface area contributed by atoms with Crippen molar-refractivity contribution in [2.45, 2.75) is 113 Å². The number of nitrogens with zero attached hydrogens (tertiary/aromatic N) is 7. The number of aromatic amines is 1. The number of imidazole rings is 1. The van der Waals surface area contributed by atoms with E-state index in [-0.39, 0.29) is 51.5 Å². The van der Waals surface area contributed by atoms with Crippen molar-refractivity contribution in [3.05, 3.63) is 139 Å². The molecule has 0 spiro atoms. The van der Waals surface area contributed by atoms with Gasteiger partial charge in [0.1, 0.15) is 28.7 Å². The number of aryl methyl sites for hydroxylation is 2. The summed E-state index contributed by atoms with van der Waals surface area (Å²) >= 11 is 0. The van der Waals surface area contributed by atoms with Gasteiger partial charge in [0.25, 0.3) is 5.91 Å². The number of aromatic nitrogens is 7. The second-order valence-corrected chi connectivity index (χ2v) is 21.9. The van der Waals surface area contributed by atoms with E-state index in [2.05, 4.69) is 36.1 Å². The summed E-state index contributed by atoms with van der Waals surface area (Å²) in [6, 6.07) is 14.7. The standard InChI is InChI=1S/C49H51F2N9O6S/c1-26-19-33(20-27(2)42(26)51)60-43(58-17-16-57(47(58)63)39-12-10-35(23-36(39)50)67(52,64)34-8-9-34)41-29(4)56(15-13-37(41)54-60)44(61)40-22-32-21-30(31-14-18-65-48(5,6)25-31)7-11-38(32)59(40)49(24-28(49)3)45-53-46(62)66-55-45/h7,10-12,16-17,19-23,28-29,31,34,52H,8-9,13-15,18,24-25H2,1-6H3,(H,53,55,62)/t28-,29-,31-,49-,67+/m0/s1. The van der Waals surface area contributed by atoms with Crippen LogP contribution in [0, 0.1) is 36.2 Å². The zero-order chi connectivity index (χ0) is 47.1. The number of rotatable bonds is 9. The molecule has 2 N–H and O–H groups in total. The van der Waals surface area contributed by atoms with Crippen molar-refractivity contribution in [2.24, 2.45) is 5.92 Å². The van der Waals surface area contributed by atoms with Crippen LogP contribution in [0.2, 0.25) is 0 Å². The number of hydrogen-bond acceptors (Lipinski definition) is 9. The first-order valence-corrected chi connectivity index (χ1v) is 24.4. The quantitative estimate of drug-likeness (QED) is 0.146. The summed E-state index contributed by atoms with van der Waals surface area (Å²) in [7, 11) is -3.20. The Hall–Kier alpha value is -6.40. The SMILES string of the molecule is Cc1cc(-n2nc3c(c2-n2ccn(-c4ccc([S@](=N)(=O)C5CC5)cc4F)c2=O)[C@H](C)N(C(=O)c2cc4cc([C@H]5CCOC(C)(C)C5)ccc4n2[C@@]2(c4noc(=O)[nH]4)C[C@@H]2C)CC3)cc(C)c1F. The van der Waals surface area contributed by atoms with Crippen LogP contribution in [0.5, 0.6) is 0 Å². The molecule has 15 nitrogen and oxygen atoms in total. The van der Waals surface area contributed by atoms with E-state index in [9.17, 15) is 13.8 Å². The third-order valence-corrected chi connectivity index (χ3v) is 17.0. The zero-order valence-electron chi connectivity index (χ0n) is 38.1. The maximum Gasteiger partial charge on any atom is 0.438 e. The second-order valence-electron chi connectivity index (χ2n) is 19.6. The van der Waals surface area contributed by atoms with Crippen LogP contribution in [0.15, 0.2) is 86.0 Å². The lowest BCUT2D eigenvalue weighted by Gasteiger charge is -2.35. The molecule has 2 aliphatic carbocycles. The Morgan fingerprint density at radius 3 is 2.34 bits per heavy atom. The van der Waals surface area contributed by atoms with Crippen molar-refractivity contribution in [1.29, 1.82) is 4.78 Å². The third kappa shape index (κ3) is 6.79. The maximum absolute atomic E-state index is 16.0. The van der Waals surface area contributed by atoms with Gasteiger partial charge in [-0.05, 0) is 144 Å². The number of amides is 1. The molecule has 0 radical (unpaired) electrons. The van der Waals surface area contributed by atoms with Crippen LogP contribution < -0.4 is 11.4 Å². The van der Waals surface area contributed by atoms with Crippen LogP contribution >= 0.6 is 0 Å². The molecule has 2 saturated carbocycles. The molecule has 1 amide bonds. The van der Waals surface area contributed by atoms with E-state index in [0.717, 1.165) is 39.9 Å². The van der Waals surface area contributed by atoms with E-state index in [1.54, 1.807) is 35.6 Å². The minimum Gasteiger partial charge on any atom is -0.376 e. The monoisotopic (exact) mass is 931 g/mol. The third-order valence-electron chi connectivity index (χ3n) is 14.6. The first-order valence-electron chi connectivity index (χ1n) is 22.8. The highest BCUT2D eigenvalue weighted by atomic mass is 32.2. The fourth-order valence-electron chi connectivity index (χ4n) is 10.9. The Morgan fingerprint density at radius 1 is 0.955 bits per heavy atom. The molecule has 348 valence electrons. The minimum absolute atomic E-state index is 0.0181. The Labute approximate surface area is 384 Å². The van der Waals surface area contributed by atoms with Crippen LogP contribution in [-0.4, -0.2) is 72.6 Å². The van der Waals surface area contributed by atoms with Crippen molar-refractivity contribution in [3.8, 4) is 17.2 Å². The van der Waals surface area contributed by atoms with Crippen LogP contribution in [0.3, 0.4) is 0 Å². The average molecular weight is 932 g/mol. The molecule has 18 heteroatoms. The molecule has 67 heavy (non-hydrogen) atoms. The number of nitrogens with one attached hydrogen (secondary N) is 2. The summed E-state index contributed by atoms with van der Waals surface area (Å²) in [4.78, 5) is 47.3. The predicted octanol–water partition coefficient (Wildman–Crippen LogP) is 8.12. The number of carbonyl (C=O) groups is 1. The number of ether oxygens (including phenoxy) is 1. The van der Waals surface area contributed by atoms with E-state index in [1.165, 1.54) is 29.1 Å². The summed E-state index contributed by atoms with van der Waals surface area (Å²) < 4.78 is 69.9. The van der Waals surface area contributed by atoms with Crippen LogP contribution in [-0.2, 0) is 26.4 Å². The zero-order valence-corrected chi connectivity index (χ0v) is 38.9. The summed E-state index contributed by atoms with van der Waals surface area (Å²) in [6.07, 6.45) is 6.84. The molecule has 7 aromatic rings. The summed E-state index contributed by atoms with van der Waals surface area (Å²) in [5.41, 5.74) is 2.89. The van der Waals surface area contributed by atoms with Crippen LogP contribution in [0.25, 0.3) is 28.1 Å². The van der Waals surface area contributed by atoms with Gasteiger partial charge in [-0.3, -0.25) is 23.4 Å². The molecule has 3 aromatic carbocycles. The fraction of sp³-hybridized carbons (Fsp3) is 0.408. The number of hydrogen-bond donors (Lipinski definition) is 2. The molecule has 4 aliphatic rings. The highest BCUT2D eigenvalue weighted by Gasteiger charge is 2.59. The van der Waals surface area contributed by atoms with Gasteiger partial charge in [-0.2, -0.15) is 5.10 Å². The van der Waals surface area contributed by atoms with Gasteiger partial charge in [0, 0.05) is 53.7 Å².